The van der Waals surface area contributed by atoms with Crippen LogP contribution in [0.5, 0.6) is 0 Å². The molecule has 1 aliphatic heterocycles. The third-order valence-electron chi connectivity index (χ3n) is 7.28. The van der Waals surface area contributed by atoms with Crippen LogP contribution in [0.1, 0.15) is 66.2 Å². The molecule has 3 heterocycles. The molecule has 5 rings (SSSR count). The van der Waals surface area contributed by atoms with Gasteiger partial charge < -0.3 is 14.6 Å². The first-order chi connectivity index (χ1) is 19.6. The third-order valence-corrected chi connectivity index (χ3v) is 7.28. The van der Waals surface area contributed by atoms with Crippen LogP contribution >= 0.6 is 0 Å². The number of hydrogen-bond donors (Lipinski definition) is 1. The number of carbonyl (C=O) groups excluding carboxylic acids is 1. The summed E-state index contributed by atoms with van der Waals surface area (Å²) in [5.41, 5.74) is 2.96. The van der Waals surface area contributed by atoms with Gasteiger partial charge in [-0.15, -0.1) is 0 Å². The molecule has 1 fully saturated rings. The number of halogens is 3. The molecule has 8 nitrogen and oxygen atoms in total. The van der Waals surface area contributed by atoms with Gasteiger partial charge in [0.05, 0.1) is 11.6 Å². The molecule has 1 amide bonds. The number of nitriles is 1. The molecule has 2 aromatic carbocycles. The summed E-state index contributed by atoms with van der Waals surface area (Å²) in [6.45, 7) is 5.58. The van der Waals surface area contributed by atoms with E-state index in [1.54, 1.807) is 35.2 Å². The Kier molecular flexibility index (Phi) is 7.92. The van der Waals surface area contributed by atoms with E-state index in [1.165, 1.54) is 0 Å². The Morgan fingerprint density at radius 3 is 2.63 bits per heavy atom. The van der Waals surface area contributed by atoms with Crippen LogP contribution in [0.4, 0.5) is 19.1 Å². The van der Waals surface area contributed by atoms with E-state index < -0.39 is 11.9 Å². The Bertz CT molecular complexity index is 1590. The summed E-state index contributed by atoms with van der Waals surface area (Å²) in [6, 6.07) is 13.5. The summed E-state index contributed by atoms with van der Waals surface area (Å²) >= 11 is 0. The van der Waals surface area contributed by atoms with Crippen molar-refractivity contribution < 1.29 is 22.4 Å². The van der Waals surface area contributed by atoms with Gasteiger partial charge in [0.15, 0.2) is 5.58 Å². The molecule has 4 aromatic rings. The van der Waals surface area contributed by atoms with Gasteiger partial charge in [-0.2, -0.15) is 18.4 Å². The summed E-state index contributed by atoms with van der Waals surface area (Å²) in [5, 5.41) is 12.3. The summed E-state index contributed by atoms with van der Waals surface area (Å²) in [6.07, 6.45) is -1.10. The summed E-state index contributed by atoms with van der Waals surface area (Å²) in [5.74, 6) is 0.619. The Morgan fingerprint density at radius 1 is 1.15 bits per heavy atom. The number of aromatic nitrogens is 3. The Balaban J connectivity index is 1.20. The molecule has 0 bridgehead atoms. The number of alkyl halides is 3. The summed E-state index contributed by atoms with van der Waals surface area (Å²) in [7, 11) is 0. The van der Waals surface area contributed by atoms with Crippen LogP contribution < -0.4 is 10.2 Å². The van der Waals surface area contributed by atoms with Gasteiger partial charge in [0.1, 0.15) is 11.2 Å². The number of rotatable bonds is 6. The normalized spacial score (nSPS) is 16.0. The summed E-state index contributed by atoms with van der Waals surface area (Å²) < 4.78 is 45.2. The topological polar surface area (TPSA) is 108 Å². The van der Waals surface area contributed by atoms with Gasteiger partial charge >= 0.3 is 6.18 Å². The van der Waals surface area contributed by atoms with Crippen LogP contribution in [0.3, 0.4) is 0 Å². The zero-order valence-electron chi connectivity index (χ0n) is 22.7. The highest BCUT2D eigenvalue weighted by atomic mass is 19.4. The maximum Gasteiger partial charge on any atom is 0.433 e. The number of nitrogens with zero attached hydrogens (tertiary/aromatic N) is 5. The van der Waals surface area contributed by atoms with E-state index in [1.807, 2.05) is 19.9 Å². The molecular formula is C30H29F3N6O2. The van der Waals surface area contributed by atoms with Gasteiger partial charge in [0, 0.05) is 42.5 Å². The Hall–Kier alpha value is -4.46. The van der Waals surface area contributed by atoms with E-state index in [2.05, 4.69) is 26.3 Å². The highest BCUT2D eigenvalue weighted by molar-refractivity contribution is 5.94. The first-order valence-electron chi connectivity index (χ1n) is 13.5. The van der Waals surface area contributed by atoms with Crippen molar-refractivity contribution in [2.75, 3.05) is 24.5 Å². The molecule has 212 valence electrons. The van der Waals surface area contributed by atoms with E-state index in [4.69, 9.17) is 4.42 Å². The lowest BCUT2D eigenvalue weighted by molar-refractivity contribution is -0.141. The fourth-order valence-corrected chi connectivity index (χ4v) is 5.01. The Labute approximate surface area is 235 Å². The minimum absolute atomic E-state index is 0.0782. The number of benzene rings is 2. The van der Waals surface area contributed by atoms with Gasteiger partial charge in [-0.05, 0) is 73.6 Å². The maximum absolute atomic E-state index is 13.0. The van der Waals surface area contributed by atoms with E-state index in [0.717, 1.165) is 30.7 Å². The van der Waals surface area contributed by atoms with Crippen molar-refractivity contribution in [2.24, 2.45) is 5.92 Å². The second-order valence-electron chi connectivity index (χ2n) is 10.5. The Morgan fingerprint density at radius 2 is 1.93 bits per heavy atom. The average Bonchev–Trinajstić information content (AvgIpc) is 3.25. The van der Waals surface area contributed by atoms with Crippen LogP contribution in [-0.4, -0.2) is 40.5 Å². The van der Waals surface area contributed by atoms with Crippen molar-refractivity contribution in [3.05, 3.63) is 71.0 Å². The number of hydrogen-bond acceptors (Lipinski definition) is 7. The van der Waals surface area contributed by atoms with Crippen molar-refractivity contribution in [3.8, 4) is 17.5 Å². The number of amides is 1. The SMILES string of the molecule is CC(C)c1cc(C#N)cc2nc(-c3ccc(C(=O)NC[C@H]4CCCN(c5nccc(C(F)(F)F)n5)CC4)cc3)oc12. The molecule has 11 heteroatoms. The minimum atomic E-state index is -4.52. The fourth-order valence-electron chi connectivity index (χ4n) is 5.01. The van der Waals surface area contributed by atoms with Crippen LogP contribution in [-0.2, 0) is 6.18 Å². The quantitative estimate of drug-likeness (QED) is 0.292. The zero-order chi connectivity index (χ0) is 29.1. The number of nitrogens with one attached hydrogen (secondary N) is 1. The molecule has 1 N–H and O–H groups in total. The maximum atomic E-state index is 13.0. The standard InChI is InChI=1S/C30H29F3N6O2/c1-18(2)23-14-20(16-34)15-24-26(23)41-28(37-24)22-7-5-21(6-8-22)27(40)36-17-19-4-3-12-39(13-10-19)29-35-11-9-25(38-29)30(31,32)33/h5-9,11,14-15,18-19H,3-4,10,12-13,17H2,1-2H3,(H,36,40)/t19-/m0/s1. The lowest BCUT2D eigenvalue weighted by atomic mass is 10.00. The number of carbonyl (C=O) groups is 1. The molecule has 0 spiro atoms. The number of anilines is 1. The van der Waals surface area contributed by atoms with Gasteiger partial charge in [-0.25, -0.2) is 15.0 Å². The molecule has 0 aliphatic carbocycles. The highest BCUT2D eigenvalue weighted by Gasteiger charge is 2.33. The van der Waals surface area contributed by atoms with Crippen molar-refractivity contribution >= 4 is 23.0 Å². The molecule has 2 aromatic heterocycles. The van der Waals surface area contributed by atoms with Gasteiger partial charge in [-0.1, -0.05) is 13.8 Å². The van der Waals surface area contributed by atoms with E-state index >= 15 is 0 Å². The molecule has 41 heavy (non-hydrogen) atoms. The molecule has 0 saturated carbocycles. The summed E-state index contributed by atoms with van der Waals surface area (Å²) in [4.78, 5) is 26.9. The molecule has 0 unspecified atom stereocenters. The lowest BCUT2D eigenvalue weighted by Crippen LogP contribution is -2.30. The van der Waals surface area contributed by atoms with Crippen molar-refractivity contribution in [1.82, 2.24) is 20.3 Å². The minimum Gasteiger partial charge on any atom is -0.436 e. The molecular weight excluding hydrogens is 533 g/mol. The van der Waals surface area contributed by atoms with Crippen LogP contribution in [0, 0.1) is 17.2 Å². The van der Waals surface area contributed by atoms with Crippen LogP contribution in [0.2, 0.25) is 0 Å². The predicted molar refractivity (Wildman–Crippen MR) is 147 cm³/mol. The lowest BCUT2D eigenvalue weighted by Gasteiger charge is -2.21. The number of oxazole rings is 1. The first-order valence-corrected chi connectivity index (χ1v) is 13.5. The predicted octanol–water partition coefficient (Wildman–Crippen LogP) is 6.34. The van der Waals surface area contributed by atoms with E-state index in [9.17, 15) is 23.2 Å². The monoisotopic (exact) mass is 562 g/mol. The van der Waals surface area contributed by atoms with Gasteiger partial charge in [-0.3, -0.25) is 4.79 Å². The third kappa shape index (κ3) is 6.32. The smallest absolute Gasteiger partial charge is 0.433 e. The molecule has 0 radical (unpaired) electrons. The second-order valence-corrected chi connectivity index (χ2v) is 10.5. The average molecular weight is 563 g/mol. The van der Waals surface area contributed by atoms with Crippen molar-refractivity contribution in [1.29, 1.82) is 5.26 Å². The second kappa shape index (κ2) is 11.6. The van der Waals surface area contributed by atoms with Gasteiger partial charge in [0.25, 0.3) is 5.91 Å². The molecule has 1 saturated heterocycles. The van der Waals surface area contributed by atoms with Crippen molar-refractivity contribution in [3.63, 3.8) is 0 Å². The molecule has 1 atom stereocenters. The van der Waals surface area contributed by atoms with Crippen molar-refractivity contribution in [2.45, 2.75) is 45.2 Å². The largest absolute Gasteiger partial charge is 0.436 e. The zero-order valence-corrected chi connectivity index (χ0v) is 22.7. The van der Waals surface area contributed by atoms with E-state index in [-0.39, 0.29) is 23.7 Å². The molecule has 1 aliphatic rings. The van der Waals surface area contributed by atoms with Gasteiger partial charge in [0.2, 0.25) is 11.8 Å². The van der Waals surface area contributed by atoms with Crippen LogP contribution in [0.25, 0.3) is 22.6 Å². The fraction of sp³-hybridized carbons (Fsp3) is 0.367. The first kappa shape index (κ1) is 28.1. The van der Waals surface area contributed by atoms with Crippen LogP contribution in [0.15, 0.2) is 53.1 Å². The van der Waals surface area contributed by atoms with E-state index in [0.29, 0.717) is 59.7 Å². The number of fused-ring (bicyclic) bond motifs is 1. The highest BCUT2D eigenvalue weighted by Crippen LogP contribution is 2.32.